The molecule has 0 amide bonds. The molecule has 2 unspecified atom stereocenters. The van der Waals surface area contributed by atoms with Crippen molar-refractivity contribution in [3.8, 4) is 0 Å². The lowest BCUT2D eigenvalue weighted by atomic mass is 10.1. The normalized spacial score (nSPS) is 34.0. The molecule has 1 saturated heterocycles. The van der Waals surface area contributed by atoms with E-state index in [0.29, 0.717) is 5.92 Å². The zero-order valence-electron chi connectivity index (χ0n) is 6.45. The fourth-order valence-corrected chi connectivity index (χ4v) is 1.49. The maximum Gasteiger partial charge on any atom is 0.316 e. The highest BCUT2D eigenvalue weighted by atomic mass is 31.1. The largest absolute Gasteiger partial charge is 0.376 e. The zero-order chi connectivity index (χ0) is 8.27. The van der Waals surface area contributed by atoms with Crippen molar-refractivity contribution in [2.24, 2.45) is 5.92 Å². The zero-order valence-corrected chi connectivity index (χ0v) is 7.45. The molecule has 1 heterocycles. The van der Waals surface area contributed by atoms with E-state index in [0.717, 1.165) is 13.0 Å². The maximum absolute atomic E-state index is 10.1. The average Bonchev–Trinajstić information content (AvgIpc) is 2.31. The van der Waals surface area contributed by atoms with Crippen molar-refractivity contribution in [3.05, 3.63) is 0 Å². The number of rotatable bonds is 3. The van der Waals surface area contributed by atoms with Gasteiger partial charge in [0.15, 0.2) is 0 Å². The van der Waals surface area contributed by atoms with Gasteiger partial charge in [-0.1, -0.05) is 6.92 Å². The third kappa shape index (κ3) is 3.34. The quantitative estimate of drug-likeness (QED) is 0.653. The molecule has 0 radical (unpaired) electrons. The SMILES string of the molecule is CC1CO[C@H](CO[PH](=O)O)C1. The summed E-state index contributed by atoms with van der Waals surface area (Å²) in [4.78, 5) is 8.35. The number of hydrogen-bond acceptors (Lipinski definition) is 3. The Kier molecular flexibility index (Phi) is 3.52. The third-order valence-corrected chi connectivity index (χ3v) is 2.09. The predicted molar refractivity (Wildman–Crippen MR) is 40.7 cm³/mol. The molecule has 0 aromatic heterocycles. The Morgan fingerprint density at radius 3 is 3.00 bits per heavy atom. The summed E-state index contributed by atoms with van der Waals surface area (Å²) >= 11 is 0. The van der Waals surface area contributed by atoms with E-state index in [1.165, 1.54) is 0 Å². The Morgan fingerprint density at radius 1 is 1.82 bits per heavy atom. The van der Waals surface area contributed by atoms with Crippen LogP contribution < -0.4 is 0 Å². The van der Waals surface area contributed by atoms with E-state index in [1.54, 1.807) is 0 Å². The fraction of sp³-hybridized carbons (Fsp3) is 1.00. The molecule has 1 aliphatic rings. The van der Waals surface area contributed by atoms with E-state index in [2.05, 4.69) is 11.4 Å². The van der Waals surface area contributed by atoms with Crippen LogP contribution in [-0.2, 0) is 13.8 Å². The van der Waals surface area contributed by atoms with Gasteiger partial charge in [0.25, 0.3) is 0 Å². The van der Waals surface area contributed by atoms with Gasteiger partial charge in [0.2, 0.25) is 0 Å². The molecule has 66 valence electrons. The van der Waals surface area contributed by atoms with Crippen molar-refractivity contribution in [1.82, 2.24) is 0 Å². The average molecular weight is 180 g/mol. The molecule has 4 nitrogen and oxygen atoms in total. The molecular weight excluding hydrogens is 167 g/mol. The Bertz CT molecular complexity index is 150. The Labute approximate surface area is 66.5 Å². The minimum absolute atomic E-state index is 0.0195. The van der Waals surface area contributed by atoms with Crippen molar-refractivity contribution in [2.75, 3.05) is 13.2 Å². The van der Waals surface area contributed by atoms with Crippen LogP contribution in [-0.4, -0.2) is 24.2 Å². The molecule has 1 N–H and O–H groups in total. The standard InChI is InChI=1S/C6H13O4P/c1-5-2-6(9-3-5)4-10-11(7)8/h5-6,11H,2-4H2,1H3,(H,7,8)/t5?,6-/m0/s1. The van der Waals surface area contributed by atoms with Gasteiger partial charge < -0.3 is 14.2 Å². The van der Waals surface area contributed by atoms with E-state index in [9.17, 15) is 4.57 Å². The molecule has 1 fully saturated rings. The highest BCUT2D eigenvalue weighted by Crippen LogP contribution is 2.22. The minimum Gasteiger partial charge on any atom is -0.376 e. The van der Waals surface area contributed by atoms with Gasteiger partial charge in [-0.3, -0.25) is 4.57 Å². The summed E-state index contributed by atoms with van der Waals surface area (Å²) in [7, 11) is -2.77. The Morgan fingerprint density at radius 2 is 2.55 bits per heavy atom. The van der Waals surface area contributed by atoms with Crippen molar-refractivity contribution in [3.63, 3.8) is 0 Å². The van der Waals surface area contributed by atoms with Crippen molar-refractivity contribution < 1.29 is 18.7 Å². The van der Waals surface area contributed by atoms with Gasteiger partial charge in [-0.2, -0.15) is 0 Å². The van der Waals surface area contributed by atoms with Crippen LogP contribution in [0.15, 0.2) is 0 Å². The highest BCUT2D eigenvalue weighted by Gasteiger charge is 2.22. The molecule has 0 aromatic rings. The van der Waals surface area contributed by atoms with E-state index in [1.807, 2.05) is 0 Å². The van der Waals surface area contributed by atoms with Crippen LogP contribution in [0, 0.1) is 5.92 Å². The summed E-state index contributed by atoms with van der Waals surface area (Å²) in [5, 5.41) is 0. The van der Waals surface area contributed by atoms with E-state index in [4.69, 9.17) is 9.63 Å². The van der Waals surface area contributed by atoms with Gasteiger partial charge in [-0.25, -0.2) is 0 Å². The van der Waals surface area contributed by atoms with Gasteiger partial charge in [-0.15, -0.1) is 0 Å². The van der Waals surface area contributed by atoms with E-state index in [-0.39, 0.29) is 12.7 Å². The first-order valence-electron chi connectivity index (χ1n) is 3.66. The molecule has 0 saturated carbocycles. The summed E-state index contributed by atoms with van der Waals surface area (Å²) < 4.78 is 20.0. The van der Waals surface area contributed by atoms with Crippen LogP contribution in [0.3, 0.4) is 0 Å². The molecule has 0 spiro atoms. The molecule has 11 heavy (non-hydrogen) atoms. The molecule has 1 rings (SSSR count). The second-order valence-electron chi connectivity index (χ2n) is 2.87. The first-order valence-corrected chi connectivity index (χ1v) is 4.92. The van der Waals surface area contributed by atoms with E-state index >= 15 is 0 Å². The molecule has 5 heteroatoms. The molecule has 0 aromatic carbocycles. The maximum atomic E-state index is 10.1. The second-order valence-corrected chi connectivity index (χ2v) is 3.69. The van der Waals surface area contributed by atoms with Gasteiger partial charge in [0.1, 0.15) is 0 Å². The van der Waals surface area contributed by atoms with Crippen molar-refractivity contribution in [1.29, 1.82) is 0 Å². The first kappa shape index (κ1) is 9.20. The Balaban J connectivity index is 2.13. The second kappa shape index (κ2) is 4.21. The van der Waals surface area contributed by atoms with Crippen LogP contribution in [0.2, 0.25) is 0 Å². The van der Waals surface area contributed by atoms with Crippen LogP contribution in [0.25, 0.3) is 0 Å². The van der Waals surface area contributed by atoms with Crippen LogP contribution in [0.1, 0.15) is 13.3 Å². The van der Waals surface area contributed by atoms with Crippen LogP contribution in [0.5, 0.6) is 0 Å². The Hall–Kier alpha value is 0.110. The van der Waals surface area contributed by atoms with Crippen LogP contribution >= 0.6 is 8.25 Å². The fourth-order valence-electron chi connectivity index (χ4n) is 1.17. The minimum atomic E-state index is -2.77. The van der Waals surface area contributed by atoms with Crippen molar-refractivity contribution in [2.45, 2.75) is 19.4 Å². The third-order valence-electron chi connectivity index (χ3n) is 1.67. The van der Waals surface area contributed by atoms with Gasteiger partial charge in [0.05, 0.1) is 12.7 Å². The summed E-state index contributed by atoms with van der Waals surface area (Å²) in [5.41, 5.74) is 0. The van der Waals surface area contributed by atoms with Gasteiger partial charge >= 0.3 is 8.25 Å². The number of hydrogen-bond donors (Lipinski definition) is 1. The summed E-state index contributed by atoms with van der Waals surface area (Å²) in [6.07, 6.45) is 0.945. The lowest BCUT2D eigenvalue weighted by molar-refractivity contribution is 0.0649. The van der Waals surface area contributed by atoms with E-state index < -0.39 is 8.25 Å². The monoisotopic (exact) mass is 180 g/mol. The molecular formula is C6H13O4P. The molecule has 0 aliphatic carbocycles. The molecule has 3 atom stereocenters. The lowest BCUT2D eigenvalue weighted by Crippen LogP contribution is -2.11. The summed E-state index contributed by atoms with van der Waals surface area (Å²) in [5.74, 6) is 0.546. The highest BCUT2D eigenvalue weighted by molar-refractivity contribution is 7.32. The topological polar surface area (TPSA) is 55.8 Å². The van der Waals surface area contributed by atoms with Crippen LogP contribution in [0.4, 0.5) is 0 Å². The summed E-state index contributed by atoms with van der Waals surface area (Å²) in [6, 6.07) is 0. The van der Waals surface area contributed by atoms with Gasteiger partial charge in [-0.05, 0) is 12.3 Å². The lowest BCUT2D eigenvalue weighted by Gasteiger charge is -2.06. The predicted octanol–water partition coefficient (Wildman–Crippen LogP) is 0.810. The van der Waals surface area contributed by atoms with Crippen molar-refractivity contribution >= 4 is 8.25 Å². The summed E-state index contributed by atoms with van der Waals surface area (Å²) in [6.45, 7) is 3.07. The number of ether oxygens (including phenoxy) is 1. The molecule has 1 aliphatic heterocycles. The van der Waals surface area contributed by atoms with Gasteiger partial charge in [0, 0.05) is 6.61 Å². The molecule has 0 bridgehead atoms. The first-order chi connectivity index (χ1) is 5.18. The smallest absolute Gasteiger partial charge is 0.316 e.